The molecule has 1 unspecified atom stereocenters. The summed E-state index contributed by atoms with van der Waals surface area (Å²) in [5.74, 6) is 6.58. The van der Waals surface area contributed by atoms with Crippen molar-refractivity contribution in [2.75, 3.05) is 0 Å². The molecule has 1 saturated carbocycles. The second-order valence-electron chi connectivity index (χ2n) is 5.85. The summed E-state index contributed by atoms with van der Waals surface area (Å²) in [7, 11) is 0. The molecule has 1 aliphatic carbocycles. The van der Waals surface area contributed by atoms with E-state index in [0.717, 1.165) is 34.4 Å². The van der Waals surface area contributed by atoms with Crippen LogP contribution in [0.15, 0.2) is 18.2 Å². The number of rotatable bonds is 6. The molecule has 0 amide bonds. The summed E-state index contributed by atoms with van der Waals surface area (Å²) >= 11 is 12.5. The molecule has 0 spiro atoms. The molecular formula is C16H24Cl2N2. The summed E-state index contributed by atoms with van der Waals surface area (Å²) in [5, 5.41) is 1.46. The topological polar surface area (TPSA) is 38.0 Å². The van der Waals surface area contributed by atoms with Crippen LogP contribution in [0, 0.1) is 5.92 Å². The highest BCUT2D eigenvalue weighted by Crippen LogP contribution is 2.29. The zero-order valence-corrected chi connectivity index (χ0v) is 13.4. The third kappa shape index (κ3) is 4.63. The van der Waals surface area contributed by atoms with E-state index in [-0.39, 0.29) is 6.04 Å². The van der Waals surface area contributed by atoms with Gasteiger partial charge in [-0.1, -0.05) is 61.4 Å². The lowest BCUT2D eigenvalue weighted by Gasteiger charge is -2.24. The van der Waals surface area contributed by atoms with Crippen LogP contribution in [0.5, 0.6) is 0 Å². The van der Waals surface area contributed by atoms with E-state index in [1.807, 2.05) is 18.2 Å². The van der Waals surface area contributed by atoms with Crippen molar-refractivity contribution in [1.82, 2.24) is 5.43 Å². The number of hydrogen-bond donors (Lipinski definition) is 2. The molecule has 1 aromatic rings. The predicted octanol–water partition coefficient (Wildman–Crippen LogP) is 4.73. The van der Waals surface area contributed by atoms with Gasteiger partial charge >= 0.3 is 0 Å². The molecule has 1 atom stereocenters. The minimum Gasteiger partial charge on any atom is -0.271 e. The SMILES string of the molecule is NNC(CCC1CCCCC1)Cc1c(Cl)cccc1Cl. The summed E-state index contributed by atoms with van der Waals surface area (Å²) in [6.45, 7) is 0. The van der Waals surface area contributed by atoms with Crippen molar-refractivity contribution in [3.8, 4) is 0 Å². The van der Waals surface area contributed by atoms with Crippen LogP contribution in [0.2, 0.25) is 10.0 Å². The molecule has 0 aromatic heterocycles. The van der Waals surface area contributed by atoms with E-state index < -0.39 is 0 Å². The Morgan fingerprint density at radius 2 is 1.80 bits per heavy atom. The maximum atomic E-state index is 6.23. The minimum absolute atomic E-state index is 0.245. The molecular weight excluding hydrogens is 291 g/mol. The first kappa shape index (κ1) is 16.1. The van der Waals surface area contributed by atoms with E-state index in [2.05, 4.69) is 5.43 Å². The number of hydrogen-bond acceptors (Lipinski definition) is 2. The van der Waals surface area contributed by atoms with Gasteiger partial charge in [-0.2, -0.15) is 0 Å². The largest absolute Gasteiger partial charge is 0.271 e. The number of halogens is 2. The molecule has 3 N–H and O–H groups in total. The van der Waals surface area contributed by atoms with Crippen LogP contribution in [0.1, 0.15) is 50.5 Å². The van der Waals surface area contributed by atoms with Gasteiger partial charge in [-0.25, -0.2) is 0 Å². The Balaban J connectivity index is 1.88. The summed E-state index contributed by atoms with van der Waals surface area (Å²) in [6.07, 6.45) is 10.1. The van der Waals surface area contributed by atoms with Crippen molar-refractivity contribution >= 4 is 23.2 Å². The van der Waals surface area contributed by atoms with Crippen molar-refractivity contribution in [3.63, 3.8) is 0 Å². The number of nitrogens with one attached hydrogen (secondary N) is 1. The van der Waals surface area contributed by atoms with Gasteiger partial charge in [0.1, 0.15) is 0 Å². The smallest absolute Gasteiger partial charge is 0.0453 e. The van der Waals surface area contributed by atoms with Gasteiger partial charge in [0.05, 0.1) is 0 Å². The monoisotopic (exact) mass is 314 g/mol. The van der Waals surface area contributed by atoms with Gasteiger partial charge in [0.2, 0.25) is 0 Å². The zero-order valence-electron chi connectivity index (χ0n) is 11.9. The second-order valence-corrected chi connectivity index (χ2v) is 6.66. The van der Waals surface area contributed by atoms with E-state index in [1.165, 1.54) is 38.5 Å². The molecule has 2 nitrogen and oxygen atoms in total. The molecule has 1 aliphatic rings. The van der Waals surface area contributed by atoms with E-state index in [4.69, 9.17) is 29.0 Å². The van der Waals surface area contributed by atoms with Crippen LogP contribution in [0.25, 0.3) is 0 Å². The maximum absolute atomic E-state index is 6.23. The highest BCUT2D eigenvalue weighted by molar-refractivity contribution is 6.35. The third-order valence-corrected chi connectivity index (χ3v) is 5.10. The Hall–Kier alpha value is -0.280. The molecule has 0 radical (unpaired) electrons. The molecule has 0 heterocycles. The van der Waals surface area contributed by atoms with E-state index in [9.17, 15) is 0 Å². The van der Waals surface area contributed by atoms with Crippen molar-refractivity contribution in [2.24, 2.45) is 11.8 Å². The number of nitrogens with two attached hydrogens (primary N) is 1. The van der Waals surface area contributed by atoms with E-state index >= 15 is 0 Å². The molecule has 20 heavy (non-hydrogen) atoms. The Morgan fingerprint density at radius 3 is 2.40 bits per heavy atom. The summed E-state index contributed by atoms with van der Waals surface area (Å²) < 4.78 is 0. The minimum atomic E-state index is 0.245. The van der Waals surface area contributed by atoms with Crippen LogP contribution in [-0.4, -0.2) is 6.04 Å². The zero-order chi connectivity index (χ0) is 14.4. The Kier molecular flexibility index (Phi) is 6.63. The van der Waals surface area contributed by atoms with Gasteiger partial charge in [0, 0.05) is 16.1 Å². The summed E-state index contributed by atoms with van der Waals surface area (Å²) in [5.41, 5.74) is 3.93. The maximum Gasteiger partial charge on any atom is 0.0453 e. The van der Waals surface area contributed by atoms with Gasteiger partial charge in [0.25, 0.3) is 0 Å². The number of hydrazine groups is 1. The van der Waals surface area contributed by atoms with Crippen molar-refractivity contribution in [1.29, 1.82) is 0 Å². The summed E-state index contributed by atoms with van der Waals surface area (Å²) in [6, 6.07) is 5.89. The van der Waals surface area contributed by atoms with Crippen LogP contribution in [0.4, 0.5) is 0 Å². The molecule has 1 aromatic carbocycles. The van der Waals surface area contributed by atoms with Crippen LogP contribution >= 0.6 is 23.2 Å². The molecule has 4 heteroatoms. The van der Waals surface area contributed by atoms with Gasteiger partial charge < -0.3 is 0 Å². The quantitative estimate of drug-likeness (QED) is 0.588. The molecule has 0 bridgehead atoms. The van der Waals surface area contributed by atoms with Gasteiger partial charge in [-0.3, -0.25) is 11.3 Å². The van der Waals surface area contributed by atoms with Crippen molar-refractivity contribution < 1.29 is 0 Å². The van der Waals surface area contributed by atoms with Gasteiger partial charge in [-0.05, 0) is 42.9 Å². The molecule has 112 valence electrons. The Labute approximate surface area is 132 Å². The lowest BCUT2D eigenvalue weighted by Crippen LogP contribution is -2.37. The standard InChI is InChI=1S/C16H24Cl2N2/c17-15-7-4-8-16(18)14(15)11-13(20-19)10-9-12-5-2-1-3-6-12/h4,7-8,12-13,20H,1-3,5-6,9-11,19H2. The lowest BCUT2D eigenvalue weighted by atomic mass is 9.84. The van der Waals surface area contributed by atoms with Crippen molar-refractivity contribution in [3.05, 3.63) is 33.8 Å². The van der Waals surface area contributed by atoms with E-state index in [1.54, 1.807) is 0 Å². The fourth-order valence-corrected chi connectivity index (χ4v) is 3.68. The van der Waals surface area contributed by atoms with E-state index in [0.29, 0.717) is 0 Å². The van der Waals surface area contributed by atoms with Gasteiger partial charge in [-0.15, -0.1) is 0 Å². The fraction of sp³-hybridized carbons (Fsp3) is 0.625. The Bertz CT molecular complexity index is 397. The highest BCUT2D eigenvalue weighted by Gasteiger charge is 2.17. The van der Waals surface area contributed by atoms with Crippen molar-refractivity contribution in [2.45, 2.75) is 57.4 Å². The molecule has 1 fully saturated rings. The lowest BCUT2D eigenvalue weighted by molar-refractivity contribution is 0.313. The molecule has 0 aliphatic heterocycles. The first-order valence-electron chi connectivity index (χ1n) is 7.59. The first-order valence-corrected chi connectivity index (χ1v) is 8.35. The molecule has 0 saturated heterocycles. The van der Waals surface area contributed by atoms with Crippen LogP contribution in [0.3, 0.4) is 0 Å². The predicted molar refractivity (Wildman–Crippen MR) is 87.1 cm³/mol. The van der Waals surface area contributed by atoms with Crippen LogP contribution in [-0.2, 0) is 6.42 Å². The highest BCUT2D eigenvalue weighted by atomic mass is 35.5. The normalized spacial score (nSPS) is 18.1. The van der Waals surface area contributed by atoms with Gasteiger partial charge in [0.15, 0.2) is 0 Å². The Morgan fingerprint density at radius 1 is 1.15 bits per heavy atom. The average Bonchev–Trinajstić information content (AvgIpc) is 2.47. The average molecular weight is 315 g/mol. The first-order chi connectivity index (χ1) is 9.70. The third-order valence-electron chi connectivity index (χ3n) is 4.40. The second kappa shape index (κ2) is 8.23. The summed E-state index contributed by atoms with van der Waals surface area (Å²) in [4.78, 5) is 0. The molecule has 2 rings (SSSR count). The number of benzene rings is 1. The fourth-order valence-electron chi connectivity index (χ4n) is 3.13. The van der Waals surface area contributed by atoms with Crippen LogP contribution < -0.4 is 11.3 Å².